The molecule has 0 aromatic carbocycles. The van der Waals surface area contributed by atoms with Crippen molar-refractivity contribution < 1.29 is 0 Å². The minimum absolute atomic E-state index is 1.10. The van der Waals surface area contributed by atoms with Crippen LogP contribution in [0.5, 0.6) is 0 Å². The summed E-state index contributed by atoms with van der Waals surface area (Å²) in [5.41, 5.74) is 0. The zero-order valence-electron chi connectivity index (χ0n) is 17.8. The van der Waals surface area contributed by atoms with Gasteiger partial charge in [-0.3, -0.25) is 0 Å². The first-order chi connectivity index (χ1) is 12.8. The number of unbranched alkanes of at least 4 members (excludes halogenated alkanes) is 5. The second-order valence-electron chi connectivity index (χ2n) is 11.0. The van der Waals surface area contributed by atoms with Gasteiger partial charge in [0.25, 0.3) is 0 Å². The maximum Gasteiger partial charge on any atom is -0.0380 e. The molecule has 0 spiro atoms. The summed E-state index contributed by atoms with van der Waals surface area (Å²) in [6.45, 7) is 2.33. The fourth-order valence-electron chi connectivity index (χ4n) is 7.92. The number of hydrogen-bond acceptors (Lipinski definition) is 0. The average Bonchev–Trinajstić information content (AvgIpc) is 2.67. The van der Waals surface area contributed by atoms with Crippen LogP contribution in [0.1, 0.15) is 122 Å². The highest BCUT2D eigenvalue weighted by Gasteiger charge is 2.45. The van der Waals surface area contributed by atoms with Crippen molar-refractivity contribution in [1.29, 1.82) is 0 Å². The molecule has 4 saturated carbocycles. The van der Waals surface area contributed by atoms with Gasteiger partial charge in [-0.25, -0.2) is 0 Å². The number of fused-ring (bicyclic) bond motifs is 3. The summed E-state index contributed by atoms with van der Waals surface area (Å²) >= 11 is 0. The van der Waals surface area contributed by atoms with Crippen molar-refractivity contribution in [2.75, 3.05) is 0 Å². The minimum Gasteiger partial charge on any atom is -0.0654 e. The predicted octanol–water partition coefficient (Wildman–Crippen LogP) is 8.40. The molecule has 4 fully saturated rings. The van der Waals surface area contributed by atoms with Gasteiger partial charge < -0.3 is 0 Å². The Morgan fingerprint density at radius 2 is 1.04 bits per heavy atom. The molecule has 0 heterocycles. The van der Waals surface area contributed by atoms with Crippen molar-refractivity contribution in [3.05, 3.63) is 0 Å². The van der Waals surface area contributed by atoms with Crippen molar-refractivity contribution in [2.45, 2.75) is 122 Å². The highest BCUT2D eigenvalue weighted by molar-refractivity contribution is 4.95. The summed E-state index contributed by atoms with van der Waals surface area (Å²) in [5.74, 6) is 7.95. The van der Waals surface area contributed by atoms with Gasteiger partial charge in [0.15, 0.2) is 0 Å². The first-order valence-electron chi connectivity index (χ1n) is 12.8. The molecule has 0 aromatic heterocycles. The predicted molar refractivity (Wildman–Crippen MR) is 113 cm³/mol. The first-order valence-corrected chi connectivity index (χ1v) is 12.8. The number of rotatable bonds is 7. The fraction of sp³-hybridized carbons (Fsp3) is 1.00. The average molecular weight is 359 g/mol. The Hall–Kier alpha value is 0. The van der Waals surface area contributed by atoms with Crippen LogP contribution in [0, 0.1) is 41.4 Å². The Labute approximate surface area is 164 Å². The van der Waals surface area contributed by atoms with Crippen LogP contribution >= 0.6 is 0 Å². The van der Waals surface area contributed by atoms with Gasteiger partial charge in [0.2, 0.25) is 0 Å². The van der Waals surface area contributed by atoms with Gasteiger partial charge in [-0.15, -0.1) is 0 Å². The normalized spacial score (nSPS) is 42.6. The lowest BCUT2D eigenvalue weighted by molar-refractivity contribution is -0.0129. The van der Waals surface area contributed by atoms with Crippen molar-refractivity contribution in [2.24, 2.45) is 41.4 Å². The standard InChI is InChI=1S/C26H46/c1-2-3-4-5-6-7-10-20-13-14-23-18-25-16-21-11-8-9-12-22(21)17-26(25)19-24(23)15-20/h20-26H,2-19H2,1H3. The molecule has 0 aromatic rings. The molecule has 150 valence electrons. The molecule has 0 heteroatoms. The second-order valence-corrected chi connectivity index (χ2v) is 11.0. The van der Waals surface area contributed by atoms with Crippen LogP contribution in [0.15, 0.2) is 0 Å². The Bertz CT molecular complexity index is 412. The van der Waals surface area contributed by atoms with E-state index in [2.05, 4.69) is 6.92 Å². The van der Waals surface area contributed by atoms with E-state index >= 15 is 0 Å². The molecule has 4 aliphatic carbocycles. The SMILES string of the molecule is CCCCCCCCC1CCC2CC3CC4CCCCC4CC3CC2C1. The lowest BCUT2D eigenvalue weighted by Gasteiger charge is -2.52. The third-order valence-electron chi connectivity index (χ3n) is 9.37. The molecule has 0 radical (unpaired) electrons. The zero-order chi connectivity index (χ0) is 17.8. The van der Waals surface area contributed by atoms with E-state index in [1.165, 1.54) is 38.5 Å². The van der Waals surface area contributed by atoms with Gasteiger partial charge in [-0.05, 0) is 80.0 Å². The van der Waals surface area contributed by atoms with Crippen molar-refractivity contribution in [1.82, 2.24) is 0 Å². The topological polar surface area (TPSA) is 0 Å². The molecule has 26 heavy (non-hydrogen) atoms. The molecule has 0 amide bonds. The highest BCUT2D eigenvalue weighted by Crippen LogP contribution is 2.55. The maximum absolute atomic E-state index is 2.33. The van der Waals surface area contributed by atoms with Gasteiger partial charge >= 0.3 is 0 Å². The Balaban J connectivity index is 1.21. The third kappa shape index (κ3) is 4.70. The van der Waals surface area contributed by atoms with Crippen LogP contribution in [0.3, 0.4) is 0 Å². The van der Waals surface area contributed by atoms with E-state index < -0.39 is 0 Å². The van der Waals surface area contributed by atoms with Gasteiger partial charge in [0.05, 0.1) is 0 Å². The zero-order valence-corrected chi connectivity index (χ0v) is 17.8. The van der Waals surface area contributed by atoms with Crippen LogP contribution in [-0.4, -0.2) is 0 Å². The lowest BCUT2D eigenvalue weighted by atomic mass is 9.54. The fourth-order valence-corrected chi connectivity index (χ4v) is 7.92. The Morgan fingerprint density at radius 3 is 1.73 bits per heavy atom. The lowest BCUT2D eigenvalue weighted by Crippen LogP contribution is -2.42. The van der Waals surface area contributed by atoms with E-state index in [0.717, 1.165) is 41.4 Å². The van der Waals surface area contributed by atoms with Gasteiger partial charge in [0, 0.05) is 0 Å². The molecule has 0 aliphatic heterocycles. The third-order valence-corrected chi connectivity index (χ3v) is 9.37. The summed E-state index contributed by atoms with van der Waals surface area (Å²) in [7, 11) is 0. The van der Waals surface area contributed by atoms with Crippen molar-refractivity contribution in [3.8, 4) is 0 Å². The molecule has 4 aliphatic rings. The molecular weight excluding hydrogens is 312 g/mol. The molecule has 0 nitrogen and oxygen atoms in total. The molecular formula is C26H46. The molecule has 4 rings (SSSR count). The molecule has 0 bridgehead atoms. The summed E-state index contributed by atoms with van der Waals surface area (Å²) in [6, 6.07) is 0. The second kappa shape index (κ2) is 9.47. The highest BCUT2D eigenvalue weighted by atomic mass is 14.5. The molecule has 7 atom stereocenters. The first kappa shape index (κ1) is 19.3. The van der Waals surface area contributed by atoms with Crippen molar-refractivity contribution in [3.63, 3.8) is 0 Å². The minimum atomic E-state index is 1.10. The Morgan fingerprint density at radius 1 is 0.500 bits per heavy atom. The number of hydrogen-bond donors (Lipinski definition) is 0. The largest absolute Gasteiger partial charge is 0.0654 e. The van der Waals surface area contributed by atoms with Crippen LogP contribution < -0.4 is 0 Å². The van der Waals surface area contributed by atoms with E-state index in [0.29, 0.717) is 0 Å². The summed E-state index contributed by atoms with van der Waals surface area (Å²) in [6.07, 6.45) is 28.1. The van der Waals surface area contributed by atoms with E-state index in [-0.39, 0.29) is 0 Å². The van der Waals surface area contributed by atoms with E-state index in [4.69, 9.17) is 0 Å². The summed E-state index contributed by atoms with van der Waals surface area (Å²) < 4.78 is 0. The van der Waals surface area contributed by atoms with E-state index in [1.54, 1.807) is 77.0 Å². The smallest absolute Gasteiger partial charge is 0.0380 e. The monoisotopic (exact) mass is 358 g/mol. The van der Waals surface area contributed by atoms with Crippen LogP contribution in [0.2, 0.25) is 0 Å². The van der Waals surface area contributed by atoms with Gasteiger partial charge in [0.1, 0.15) is 0 Å². The summed E-state index contributed by atoms with van der Waals surface area (Å²) in [5, 5.41) is 0. The Kier molecular flexibility index (Phi) is 7.04. The maximum atomic E-state index is 2.33. The van der Waals surface area contributed by atoms with Crippen LogP contribution in [-0.2, 0) is 0 Å². The van der Waals surface area contributed by atoms with Crippen LogP contribution in [0.25, 0.3) is 0 Å². The molecule has 7 unspecified atom stereocenters. The molecule has 0 saturated heterocycles. The van der Waals surface area contributed by atoms with Crippen molar-refractivity contribution >= 4 is 0 Å². The van der Waals surface area contributed by atoms with E-state index in [9.17, 15) is 0 Å². The van der Waals surface area contributed by atoms with E-state index in [1.807, 2.05) is 0 Å². The molecule has 0 N–H and O–H groups in total. The summed E-state index contributed by atoms with van der Waals surface area (Å²) in [4.78, 5) is 0. The van der Waals surface area contributed by atoms with Gasteiger partial charge in [-0.2, -0.15) is 0 Å². The van der Waals surface area contributed by atoms with Crippen LogP contribution in [0.4, 0.5) is 0 Å². The van der Waals surface area contributed by atoms with Gasteiger partial charge in [-0.1, -0.05) is 84.0 Å². The quantitative estimate of drug-likeness (QED) is 0.401.